The van der Waals surface area contributed by atoms with Crippen LogP contribution in [0.3, 0.4) is 0 Å². The molecule has 0 aliphatic carbocycles. The fourth-order valence-corrected chi connectivity index (χ4v) is 5.86. The van der Waals surface area contributed by atoms with Crippen molar-refractivity contribution >= 4 is 10.0 Å². The summed E-state index contributed by atoms with van der Waals surface area (Å²) in [5.74, 6) is 0. The maximum Gasteiger partial charge on any atom is 0.246 e. The summed E-state index contributed by atoms with van der Waals surface area (Å²) in [6.45, 7) is 5.92. The van der Waals surface area contributed by atoms with Crippen molar-refractivity contribution in [3.63, 3.8) is 0 Å². The van der Waals surface area contributed by atoms with Crippen LogP contribution in [0.4, 0.5) is 0 Å². The second-order valence-corrected chi connectivity index (χ2v) is 10.1. The van der Waals surface area contributed by atoms with Gasteiger partial charge in [-0.05, 0) is 49.4 Å². The molecule has 32 heavy (non-hydrogen) atoms. The van der Waals surface area contributed by atoms with Crippen LogP contribution >= 0.6 is 0 Å². The Morgan fingerprint density at radius 2 is 1.59 bits per heavy atom. The molecule has 3 aromatic rings. The second-order valence-electron chi connectivity index (χ2n) is 8.23. The summed E-state index contributed by atoms with van der Waals surface area (Å²) < 4.78 is 35.4. The lowest BCUT2D eigenvalue weighted by Gasteiger charge is -2.43. The van der Waals surface area contributed by atoms with Crippen LogP contribution in [0.2, 0.25) is 0 Å². The molecule has 3 aromatic carbocycles. The highest BCUT2D eigenvalue weighted by atomic mass is 32.2. The Hall–Kier alpha value is -2.73. The van der Waals surface area contributed by atoms with Gasteiger partial charge in [-0.2, -0.15) is 4.31 Å². The molecule has 0 N–H and O–H groups in total. The summed E-state index contributed by atoms with van der Waals surface area (Å²) in [7, 11) is -3.79. The van der Waals surface area contributed by atoms with E-state index in [9.17, 15) is 8.42 Å². The average molecular weight is 448 g/mol. The molecule has 4 rings (SSSR count). The van der Waals surface area contributed by atoms with E-state index in [1.165, 1.54) is 9.87 Å². The van der Waals surface area contributed by atoms with Crippen LogP contribution in [0.5, 0.6) is 0 Å². The van der Waals surface area contributed by atoms with E-state index < -0.39 is 16.3 Å². The molecule has 0 aromatic heterocycles. The Morgan fingerprint density at radius 3 is 2.22 bits per heavy atom. The minimum Gasteiger partial charge on any atom is -0.354 e. The summed E-state index contributed by atoms with van der Waals surface area (Å²) in [4.78, 5) is 0.266. The first kappa shape index (κ1) is 22.5. The molecule has 3 atom stereocenters. The Kier molecular flexibility index (Phi) is 6.89. The van der Waals surface area contributed by atoms with Gasteiger partial charge >= 0.3 is 0 Å². The normalized spacial score (nSPS) is 21.8. The molecule has 1 saturated heterocycles. The molecule has 1 heterocycles. The van der Waals surface area contributed by atoms with Crippen LogP contribution < -0.4 is 0 Å². The minimum absolute atomic E-state index is 0.0760. The third kappa shape index (κ3) is 4.85. The number of nitrogens with zero attached hydrogens (tertiary/aromatic N) is 1. The smallest absolute Gasteiger partial charge is 0.246 e. The van der Waals surface area contributed by atoms with E-state index in [0.717, 1.165) is 24.0 Å². The second kappa shape index (κ2) is 9.82. The standard InChI is InChI=1S/C27H29NO3S/c1-3-24-20-25(17-16-22-10-6-4-7-11-22)31-27(23-12-8-5-9-13-23)28(24)32(29,30)26-18-14-21(2)15-19-26/h3-15,18-19,24-25,27H,1,16-17,20H2,2H3. The number of benzene rings is 3. The molecule has 0 bridgehead atoms. The Labute approximate surface area is 191 Å². The lowest BCUT2D eigenvalue weighted by molar-refractivity contribution is -0.124. The molecule has 4 nitrogen and oxygen atoms in total. The van der Waals surface area contributed by atoms with E-state index in [4.69, 9.17) is 4.74 Å². The highest BCUT2D eigenvalue weighted by Crippen LogP contribution is 2.39. The minimum atomic E-state index is -3.79. The molecule has 166 valence electrons. The Balaban J connectivity index is 1.67. The molecule has 0 saturated carbocycles. The van der Waals surface area contributed by atoms with Crippen LogP contribution in [0, 0.1) is 6.92 Å². The SMILES string of the molecule is C=CC1CC(CCc2ccccc2)OC(c2ccccc2)N1S(=O)(=O)c1ccc(C)cc1. The van der Waals surface area contributed by atoms with Crippen molar-refractivity contribution in [2.75, 3.05) is 0 Å². The van der Waals surface area contributed by atoms with Gasteiger partial charge in [-0.3, -0.25) is 0 Å². The van der Waals surface area contributed by atoms with Gasteiger partial charge in [-0.1, -0.05) is 84.4 Å². The molecule has 3 unspecified atom stereocenters. The molecule has 5 heteroatoms. The number of rotatable bonds is 7. The third-order valence-electron chi connectivity index (χ3n) is 5.93. The first-order chi connectivity index (χ1) is 15.5. The van der Waals surface area contributed by atoms with Crippen molar-refractivity contribution in [2.45, 2.75) is 49.5 Å². The monoisotopic (exact) mass is 447 g/mol. The molecular formula is C27H29NO3S. The van der Waals surface area contributed by atoms with Gasteiger partial charge < -0.3 is 4.74 Å². The predicted octanol–water partition coefficient (Wildman–Crippen LogP) is 5.66. The highest BCUT2D eigenvalue weighted by Gasteiger charge is 2.43. The van der Waals surface area contributed by atoms with Gasteiger partial charge in [0.15, 0.2) is 6.23 Å². The van der Waals surface area contributed by atoms with E-state index in [1.54, 1.807) is 18.2 Å². The summed E-state index contributed by atoms with van der Waals surface area (Å²) >= 11 is 0. The predicted molar refractivity (Wildman–Crippen MR) is 128 cm³/mol. The van der Waals surface area contributed by atoms with Crippen LogP contribution in [-0.4, -0.2) is 24.9 Å². The van der Waals surface area contributed by atoms with Crippen molar-refractivity contribution < 1.29 is 13.2 Å². The third-order valence-corrected chi connectivity index (χ3v) is 7.82. The number of hydrogen-bond donors (Lipinski definition) is 0. The molecule has 1 aliphatic heterocycles. The van der Waals surface area contributed by atoms with Crippen LogP contribution in [-0.2, 0) is 21.2 Å². The first-order valence-electron chi connectivity index (χ1n) is 11.0. The van der Waals surface area contributed by atoms with Crippen LogP contribution in [0.15, 0.2) is 102 Å². The average Bonchev–Trinajstić information content (AvgIpc) is 2.83. The summed E-state index contributed by atoms with van der Waals surface area (Å²) in [5, 5.41) is 0. The number of hydrogen-bond acceptors (Lipinski definition) is 3. The van der Waals surface area contributed by atoms with Gasteiger partial charge in [-0.15, -0.1) is 6.58 Å². The highest BCUT2D eigenvalue weighted by molar-refractivity contribution is 7.89. The number of aryl methyl sites for hydroxylation is 2. The topological polar surface area (TPSA) is 46.6 Å². The zero-order chi connectivity index (χ0) is 22.6. The fraction of sp³-hybridized carbons (Fsp3) is 0.259. The number of ether oxygens (including phenoxy) is 1. The van der Waals surface area contributed by atoms with E-state index in [-0.39, 0.29) is 17.0 Å². The Bertz CT molecular complexity index is 1130. The summed E-state index contributed by atoms with van der Waals surface area (Å²) in [5.41, 5.74) is 3.08. The molecule has 1 fully saturated rings. The lowest BCUT2D eigenvalue weighted by atomic mass is 9.99. The maximum absolute atomic E-state index is 13.7. The molecular weight excluding hydrogens is 418 g/mol. The Morgan fingerprint density at radius 1 is 0.969 bits per heavy atom. The van der Waals surface area contributed by atoms with E-state index in [2.05, 4.69) is 18.7 Å². The number of sulfonamides is 1. The molecule has 1 aliphatic rings. The van der Waals surface area contributed by atoms with Crippen LogP contribution in [0.25, 0.3) is 0 Å². The van der Waals surface area contributed by atoms with Gasteiger partial charge in [0, 0.05) is 6.04 Å². The van der Waals surface area contributed by atoms with Crippen molar-refractivity contribution in [3.8, 4) is 0 Å². The van der Waals surface area contributed by atoms with Gasteiger partial charge in [0.1, 0.15) is 0 Å². The maximum atomic E-state index is 13.7. The van der Waals surface area contributed by atoms with Crippen molar-refractivity contribution in [1.29, 1.82) is 0 Å². The van der Waals surface area contributed by atoms with E-state index >= 15 is 0 Å². The van der Waals surface area contributed by atoms with E-state index in [0.29, 0.717) is 6.42 Å². The van der Waals surface area contributed by atoms with Crippen molar-refractivity contribution in [3.05, 3.63) is 114 Å². The summed E-state index contributed by atoms with van der Waals surface area (Å²) in [6.07, 6.45) is 3.22. The van der Waals surface area contributed by atoms with Gasteiger partial charge in [0.2, 0.25) is 10.0 Å². The van der Waals surface area contributed by atoms with Gasteiger partial charge in [-0.25, -0.2) is 8.42 Å². The van der Waals surface area contributed by atoms with Crippen LogP contribution in [0.1, 0.15) is 35.8 Å². The molecule has 0 radical (unpaired) electrons. The van der Waals surface area contributed by atoms with Crippen molar-refractivity contribution in [1.82, 2.24) is 4.31 Å². The van der Waals surface area contributed by atoms with Gasteiger partial charge in [0.05, 0.1) is 11.0 Å². The summed E-state index contributed by atoms with van der Waals surface area (Å²) in [6, 6.07) is 26.5. The largest absolute Gasteiger partial charge is 0.354 e. The van der Waals surface area contributed by atoms with E-state index in [1.807, 2.05) is 67.6 Å². The molecule has 0 spiro atoms. The van der Waals surface area contributed by atoms with Gasteiger partial charge in [0.25, 0.3) is 0 Å². The zero-order valence-electron chi connectivity index (χ0n) is 18.3. The zero-order valence-corrected chi connectivity index (χ0v) is 19.1. The fourth-order valence-electron chi connectivity index (χ4n) is 4.18. The quantitative estimate of drug-likeness (QED) is 0.439. The lowest BCUT2D eigenvalue weighted by Crippen LogP contribution is -2.49. The molecule has 0 amide bonds. The first-order valence-corrected chi connectivity index (χ1v) is 12.4. The van der Waals surface area contributed by atoms with Crippen molar-refractivity contribution in [2.24, 2.45) is 0 Å².